The van der Waals surface area contributed by atoms with E-state index in [0.29, 0.717) is 31.7 Å². The second-order valence-electron chi connectivity index (χ2n) is 7.34. The highest BCUT2D eigenvalue weighted by Crippen LogP contribution is 2.29. The van der Waals surface area contributed by atoms with E-state index >= 15 is 0 Å². The summed E-state index contributed by atoms with van der Waals surface area (Å²) in [5, 5.41) is 10.3. The van der Waals surface area contributed by atoms with Gasteiger partial charge in [-0.05, 0) is 68.0 Å². The largest absolute Gasteiger partial charge is 0.507 e. The second-order valence-corrected chi connectivity index (χ2v) is 8.63. The fourth-order valence-corrected chi connectivity index (χ4v) is 4.77. The van der Waals surface area contributed by atoms with E-state index in [1.807, 2.05) is 30.0 Å². The molecule has 6 heteroatoms. The van der Waals surface area contributed by atoms with Crippen LogP contribution in [0.4, 0.5) is 0 Å². The number of piperazine rings is 1. The molecule has 1 N–H and O–H groups in total. The Morgan fingerprint density at radius 3 is 2.11 bits per heavy atom. The van der Waals surface area contributed by atoms with E-state index in [1.54, 1.807) is 11.0 Å². The number of amides is 2. The number of benzene rings is 1. The zero-order valence-corrected chi connectivity index (χ0v) is 16.3. The van der Waals surface area contributed by atoms with Crippen LogP contribution in [-0.2, 0) is 12.8 Å². The van der Waals surface area contributed by atoms with Gasteiger partial charge in [0, 0.05) is 31.1 Å². The van der Waals surface area contributed by atoms with E-state index in [9.17, 15) is 14.7 Å². The van der Waals surface area contributed by atoms with Crippen LogP contribution in [0.2, 0.25) is 0 Å². The molecule has 2 aliphatic rings. The number of thiophene rings is 1. The minimum Gasteiger partial charge on any atom is -0.507 e. The molecule has 1 aliphatic heterocycles. The number of phenolic OH excluding ortho intramolecular Hbond substituents is 1. The Bertz CT molecular complexity index is 882. The Morgan fingerprint density at radius 1 is 0.926 bits per heavy atom. The van der Waals surface area contributed by atoms with E-state index in [-0.39, 0.29) is 17.6 Å². The number of aromatic hydroxyl groups is 1. The van der Waals surface area contributed by atoms with Crippen LogP contribution in [0.5, 0.6) is 5.75 Å². The molecule has 142 valence electrons. The van der Waals surface area contributed by atoms with Crippen LogP contribution in [-0.4, -0.2) is 52.9 Å². The molecule has 0 atom stereocenters. The van der Waals surface area contributed by atoms with Crippen LogP contribution < -0.4 is 0 Å². The minimum atomic E-state index is -0.139. The van der Waals surface area contributed by atoms with Gasteiger partial charge in [0.05, 0.1) is 10.4 Å². The quantitative estimate of drug-likeness (QED) is 0.865. The molecule has 0 bridgehead atoms. The number of hydrogen-bond acceptors (Lipinski definition) is 4. The van der Waals surface area contributed by atoms with Crippen LogP contribution in [0, 0.1) is 6.92 Å². The maximum Gasteiger partial charge on any atom is 0.264 e. The number of carbonyl (C=O) groups excluding carboxylic acids is 2. The van der Waals surface area contributed by atoms with Crippen molar-refractivity contribution >= 4 is 23.2 Å². The van der Waals surface area contributed by atoms with Gasteiger partial charge < -0.3 is 14.9 Å². The lowest BCUT2D eigenvalue weighted by atomic mass is 9.89. The fourth-order valence-electron chi connectivity index (χ4n) is 3.93. The average Bonchev–Trinajstić information content (AvgIpc) is 3.13. The van der Waals surface area contributed by atoms with Crippen molar-refractivity contribution in [1.29, 1.82) is 0 Å². The molecular weight excluding hydrogens is 360 g/mol. The number of carbonyl (C=O) groups is 2. The van der Waals surface area contributed by atoms with Crippen molar-refractivity contribution in [3.63, 3.8) is 0 Å². The molecule has 1 aromatic heterocycles. The Kier molecular flexibility index (Phi) is 4.91. The first-order valence-electron chi connectivity index (χ1n) is 9.52. The third-order valence-corrected chi connectivity index (χ3v) is 6.48. The smallest absolute Gasteiger partial charge is 0.264 e. The summed E-state index contributed by atoms with van der Waals surface area (Å²) in [7, 11) is 0. The van der Waals surface area contributed by atoms with Gasteiger partial charge in [-0.1, -0.05) is 0 Å². The molecular formula is C21H24N2O3S. The number of fused-ring (bicyclic) bond motifs is 1. The summed E-state index contributed by atoms with van der Waals surface area (Å²) in [6, 6.07) is 7.46. The van der Waals surface area contributed by atoms with Crippen LogP contribution in [0.15, 0.2) is 24.3 Å². The molecule has 0 unspecified atom stereocenters. The lowest BCUT2D eigenvalue weighted by molar-refractivity contribution is 0.0536. The van der Waals surface area contributed by atoms with Gasteiger partial charge in [0.2, 0.25) is 0 Å². The Labute approximate surface area is 163 Å². The number of hydrogen-bond donors (Lipinski definition) is 1. The van der Waals surface area contributed by atoms with E-state index in [4.69, 9.17) is 0 Å². The summed E-state index contributed by atoms with van der Waals surface area (Å²) in [5.41, 5.74) is 2.74. The Morgan fingerprint density at radius 2 is 1.52 bits per heavy atom. The van der Waals surface area contributed by atoms with Gasteiger partial charge in [-0.25, -0.2) is 0 Å². The van der Waals surface area contributed by atoms with Crippen LogP contribution >= 0.6 is 11.3 Å². The highest BCUT2D eigenvalue weighted by atomic mass is 32.1. The number of aryl methyl sites for hydroxylation is 3. The first-order valence-corrected chi connectivity index (χ1v) is 10.3. The van der Waals surface area contributed by atoms with Crippen LogP contribution in [0.3, 0.4) is 0 Å². The highest BCUT2D eigenvalue weighted by Gasteiger charge is 2.28. The van der Waals surface area contributed by atoms with Gasteiger partial charge in [-0.2, -0.15) is 0 Å². The van der Waals surface area contributed by atoms with E-state index < -0.39 is 0 Å². The first kappa shape index (κ1) is 18.0. The molecule has 27 heavy (non-hydrogen) atoms. The summed E-state index contributed by atoms with van der Waals surface area (Å²) >= 11 is 1.50. The predicted octanol–water partition coefficient (Wildman–Crippen LogP) is 3.24. The van der Waals surface area contributed by atoms with Crippen LogP contribution in [0.1, 0.15) is 48.9 Å². The first-order chi connectivity index (χ1) is 13.0. The molecule has 4 rings (SSSR count). The summed E-state index contributed by atoms with van der Waals surface area (Å²) in [6.07, 6.45) is 4.21. The van der Waals surface area contributed by atoms with Crippen molar-refractivity contribution in [2.75, 3.05) is 26.2 Å². The SMILES string of the molecule is Cc1ccc(C(=O)N2CCN(C(=O)c3cc4c(cc3O)CCCC4)CC2)s1. The lowest BCUT2D eigenvalue weighted by Gasteiger charge is -2.35. The zero-order valence-electron chi connectivity index (χ0n) is 15.5. The van der Waals surface area contributed by atoms with Crippen molar-refractivity contribution in [1.82, 2.24) is 9.80 Å². The molecule has 0 saturated carbocycles. The highest BCUT2D eigenvalue weighted by molar-refractivity contribution is 7.13. The summed E-state index contributed by atoms with van der Waals surface area (Å²) in [5.74, 6) is -0.0232. The van der Waals surface area contributed by atoms with Gasteiger partial charge in [0.25, 0.3) is 11.8 Å². The maximum absolute atomic E-state index is 12.9. The number of nitrogens with zero attached hydrogens (tertiary/aromatic N) is 2. The minimum absolute atomic E-state index is 0.0387. The van der Waals surface area contributed by atoms with E-state index in [0.717, 1.165) is 41.0 Å². The monoisotopic (exact) mass is 384 g/mol. The number of rotatable bonds is 2. The maximum atomic E-state index is 12.9. The van der Waals surface area contributed by atoms with Crippen LogP contribution in [0.25, 0.3) is 0 Å². The molecule has 1 aromatic carbocycles. The molecule has 0 spiro atoms. The van der Waals surface area contributed by atoms with Gasteiger partial charge in [0.1, 0.15) is 5.75 Å². The van der Waals surface area contributed by atoms with E-state index in [2.05, 4.69) is 0 Å². The molecule has 1 saturated heterocycles. The Balaban J connectivity index is 1.44. The van der Waals surface area contributed by atoms with Crippen molar-refractivity contribution in [2.24, 2.45) is 0 Å². The van der Waals surface area contributed by atoms with Crippen molar-refractivity contribution in [3.8, 4) is 5.75 Å². The summed E-state index contributed by atoms with van der Waals surface area (Å²) in [4.78, 5) is 30.9. The predicted molar refractivity (Wildman–Crippen MR) is 106 cm³/mol. The molecule has 5 nitrogen and oxygen atoms in total. The van der Waals surface area contributed by atoms with Gasteiger partial charge >= 0.3 is 0 Å². The van der Waals surface area contributed by atoms with Crippen molar-refractivity contribution in [3.05, 3.63) is 50.7 Å². The van der Waals surface area contributed by atoms with E-state index in [1.165, 1.54) is 16.9 Å². The van der Waals surface area contributed by atoms with Gasteiger partial charge in [-0.15, -0.1) is 11.3 Å². The van der Waals surface area contributed by atoms with Crippen molar-refractivity contribution in [2.45, 2.75) is 32.6 Å². The molecule has 1 aliphatic carbocycles. The second kappa shape index (κ2) is 7.35. The Hall–Kier alpha value is -2.34. The zero-order chi connectivity index (χ0) is 19.0. The fraction of sp³-hybridized carbons (Fsp3) is 0.429. The normalized spacial score (nSPS) is 16.9. The number of phenols is 1. The molecule has 2 heterocycles. The third-order valence-electron chi connectivity index (χ3n) is 5.50. The molecule has 0 radical (unpaired) electrons. The van der Waals surface area contributed by atoms with Gasteiger partial charge in [0.15, 0.2) is 0 Å². The standard InChI is InChI=1S/C21H24N2O3S/c1-14-6-7-19(27-14)21(26)23-10-8-22(9-11-23)20(25)17-12-15-4-2-3-5-16(15)13-18(17)24/h6-7,12-13,24H,2-5,8-11H2,1H3. The van der Waals surface area contributed by atoms with Gasteiger partial charge in [-0.3, -0.25) is 9.59 Å². The third kappa shape index (κ3) is 3.58. The molecule has 2 amide bonds. The summed E-state index contributed by atoms with van der Waals surface area (Å²) < 4.78 is 0. The molecule has 2 aromatic rings. The molecule has 1 fully saturated rings. The lowest BCUT2D eigenvalue weighted by Crippen LogP contribution is -2.50. The average molecular weight is 385 g/mol. The van der Waals surface area contributed by atoms with Crippen molar-refractivity contribution < 1.29 is 14.7 Å². The topological polar surface area (TPSA) is 60.9 Å². The summed E-state index contributed by atoms with van der Waals surface area (Å²) in [6.45, 7) is 4.01.